The molecule has 2 aromatic rings. The number of thioether (sulfide) groups is 1. The highest BCUT2D eigenvalue weighted by atomic mass is 32.2. The molecular weight excluding hydrogens is 268 g/mol. The van der Waals surface area contributed by atoms with Gasteiger partial charge in [0.1, 0.15) is 0 Å². The van der Waals surface area contributed by atoms with E-state index in [1.807, 2.05) is 18.2 Å². The first-order chi connectivity index (χ1) is 9.25. The van der Waals surface area contributed by atoms with Crippen molar-refractivity contribution in [2.75, 3.05) is 5.75 Å². The van der Waals surface area contributed by atoms with Gasteiger partial charge in [-0.2, -0.15) is 0 Å². The number of benzene rings is 2. The molecule has 98 valence electrons. The summed E-state index contributed by atoms with van der Waals surface area (Å²) in [5, 5.41) is 0. The molecule has 0 saturated carbocycles. The van der Waals surface area contributed by atoms with E-state index < -0.39 is 0 Å². The fourth-order valence-corrected chi connectivity index (χ4v) is 3.02. The molecule has 2 rings (SSSR count). The molecule has 0 bridgehead atoms. The molecule has 0 saturated heterocycles. The molecule has 0 aromatic heterocycles. The highest BCUT2D eigenvalue weighted by molar-refractivity contribution is 8.23. The van der Waals surface area contributed by atoms with E-state index in [1.54, 1.807) is 11.8 Å². The van der Waals surface area contributed by atoms with E-state index in [1.165, 1.54) is 17.5 Å². The number of thiocarbonyl (C=S) groups is 1. The molecule has 19 heavy (non-hydrogen) atoms. The van der Waals surface area contributed by atoms with E-state index in [4.69, 9.17) is 12.2 Å². The van der Waals surface area contributed by atoms with Gasteiger partial charge in [0.2, 0.25) is 0 Å². The Morgan fingerprint density at radius 3 is 2.37 bits per heavy atom. The Bertz CT molecular complexity index is 515. The minimum Gasteiger partial charge on any atom is -0.114 e. The lowest BCUT2D eigenvalue weighted by atomic mass is 10.1. The van der Waals surface area contributed by atoms with Crippen LogP contribution in [0.4, 0.5) is 0 Å². The van der Waals surface area contributed by atoms with Gasteiger partial charge in [0.25, 0.3) is 0 Å². The van der Waals surface area contributed by atoms with Crippen LogP contribution in [0, 0.1) is 6.92 Å². The fourth-order valence-electron chi connectivity index (χ4n) is 1.85. The van der Waals surface area contributed by atoms with Crippen molar-refractivity contribution >= 4 is 28.2 Å². The monoisotopic (exact) mass is 286 g/mol. The molecule has 0 N–H and O–H groups in total. The first-order valence-corrected chi connectivity index (χ1v) is 7.93. The first kappa shape index (κ1) is 14.3. The van der Waals surface area contributed by atoms with Crippen molar-refractivity contribution in [1.29, 1.82) is 0 Å². The van der Waals surface area contributed by atoms with Crippen LogP contribution in [0.2, 0.25) is 0 Å². The largest absolute Gasteiger partial charge is 0.114 e. The first-order valence-electron chi connectivity index (χ1n) is 6.53. The molecule has 2 heteroatoms. The molecule has 0 heterocycles. The van der Waals surface area contributed by atoms with Gasteiger partial charge in [-0.15, -0.1) is 11.8 Å². The molecule has 0 radical (unpaired) electrons. The summed E-state index contributed by atoms with van der Waals surface area (Å²) in [6.45, 7) is 2.12. The van der Waals surface area contributed by atoms with Gasteiger partial charge < -0.3 is 0 Å². The van der Waals surface area contributed by atoms with Gasteiger partial charge in [0.15, 0.2) is 0 Å². The molecular formula is C17H18S2. The summed E-state index contributed by atoms with van der Waals surface area (Å²) in [7, 11) is 0. The van der Waals surface area contributed by atoms with Crippen LogP contribution in [-0.4, -0.2) is 9.95 Å². The standard InChI is InChI=1S/C17H18S2/c1-14-9-11-15(12-10-14)6-5-13-19-17(18)16-7-3-2-4-8-16/h2-4,7-12H,5-6,13H2,1H3. The van der Waals surface area contributed by atoms with Gasteiger partial charge in [0, 0.05) is 0 Å². The van der Waals surface area contributed by atoms with Crippen LogP contribution in [-0.2, 0) is 6.42 Å². The maximum Gasteiger partial charge on any atom is 0.0778 e. The molecule has 0 atom stereocenters. The van der Waals surface area contributed by atoms with Gasteiger partial charge in [-0.25, -0.2) is 0 Å². The summed E-state index contributed by atoms with van der Waals surface area (Å²) in [6, 6.07) is 19.0. The van der Waals surface area contributed by atoms with Crippen LogP contribution in [0.1, 0.15) is 23.1 Å². The molecule has 0 nitrogen and oxygen atoms in total. The minimum absolute atomic E-state index is 1.00. The van der Waals surface area contributed by atoms with Gasteiger partial charge >= 0.3 is 0 Å². The van der Waals surface area contributed by atoms with Crippen LogP contribution < -0.4 is 0 Å². The summed E-state index contributed by atoms with van der Waals surface area (Å²) >= 11 is 7.21. The predicted octanol–water partition coefficient (Wildman–Crippen LogP) is 5.04. The summed E-state index contributed by atoms with van der Waals surface area (Å²) in [4.78, 5) is 0. The second kappa shape index (κ2) is 7.46. The lowest BCUT2D eigenvalue weighted by molar-refractivity contribution is 0.934. The Kier molecular flexibility index (Phi) is 5.62. The minimum atomic E-state index is 1.00. The SMILES string of the molecule is Cc1ccc(CCCSC(=S)c2ccccc2)cc1. The number of hydrogen-bond acceptors (Lipinski definition) is 2. The van der Waals surface area contributed by atoms with E-state index in [0.29, 0.717) is 0 Å². The van der Waals surface area contributed by atoms with E-state index >= 15 is 0 Å². The third kappa shape index (κ3) is 4.81. The zero-order chi connectivity index (χ0) is 13.5. The van der Waals surface area contributed by atoms with Crippen LogP contribution in [0.5, 0.6) is 0 Å². The topological polar surface area (TPSA) is 0 Å². The average molecular weight is 286 g/mol. The molecule has 0 aliphatic heterocycles. The van der Waals surface area contributed by atoms with Crippen molar-refractivity contribution in [2.45, 2.75) is 19.8 Å². The Morgan fingerprint density at radius 2 is 1.68 bits per heavy atom. The second-order valence-corrected chi connectivity index (χ2v) is 6.36. The molecule has 2 aromatic carbocycles. The molecule has 0 amide bonds. The van der Waals surface area contributed by atoms with Crippen molar-refractivity contribution < 1.29 is 0 Å². The fraction of sp³-hybridized carbons (Fsp3) is 0.235. The smallest absolute Gasteiger partial charge is 0.0778 e. The zero-order valence-corrected chi connectivity index (χ0v) is 12.8. The van der Waals surface area contributed by atoms with Crippen molar-refractivity contribution in [3.63, 3.8) is 0 Å². The summed E-state index contributed by atoms with van der Waals surface area (Å²) in [5.74, 6) is 1.08. The van der Waals surface area contributed by atoms with Gasteiger partial charge in [-0.05, 0) is 36.6 Å². The van der Waals surface area contributed by atoms with Gasteiger partial charge in [-0.3, -0.25) is 0 Å². The quantitative estimate of drug-likeness (QED) is 0.558. The maximum atomic E-state index is 5.43. The van der Waals surface area contributed by atoms with E-state index in [2.05, 4.69) is 43.3 Å². The lowest BCUT2D eigenvalue weighted by Crippen LogP contribution is -1.94. The number of aryl methyl sites for hydroxylation is 2. The van der Waals surface area contributed by atoms with Gasteiger partial charge in [-0.1, -0.05) is 72.4 Å². The molecule has 0 fully saturated rings. The third-order valence-corrected chi connectivity index (χ3v) is 4.55. The van der Waals surface area contributed by atoms with Crippen molar-refractivity contribution in [2.24, 2.45) is 0 Å². The summed E-state index contributed by atoms with van der Waals surface area (Å²) < 4.78 is 1.00. The zero-order valence-electron chi connectivity index (χ0n) is 11.1. The predicted molar refractivity (Wildman–Crippen MR) is 90.1 cm³/mol. The maximum absolute atomic E-state index is 5.43. The van der Waals surface area contributed by atoms with Crippen LogP contribution in [0.25, 0.3) is 0 Å². The summed E-state index contributed by atoms with van der Waals surface area (Å²) in [5.41, 5.74) is 3.90. The molecule has 0 unspecified atom stereocenters. The van der Waals surface area contributed by atoms with Crippen molar-refractivity contribution in [3.8, 4) is 0 Å². The molecule has 0 aliphatic carbocycles. The van der Waals surface area contributed by atoms with E-state index in [0.717, 1.165) is 21.9 Å². The van der Waals surface area contributed by atoms with Crippen LogP contribution >= 0.6 is 24.0 Å². The van der Waals surface area contributed by atoms with Crippen LogP contribution in [0.15, 0.2) is 54.6 Å². The second-order valence-electron chi connectivity index (χ2n) is 4.59. The highest BCUT2D eigenvalue weighted by Crippen LogP contribution is 2.16. The lowest BCUT2D eigenvalue weighted by Gasteiger charge is -2.04. The third-order valence-electron chi connectivity index (χ3n) is 2.97. The van der Waals surface area contributed by atoms with Crippen molar-refractivity contribution in [1.82, 2.24) is 0 Å². The van der Waals surface area contributed by atoms with Gasteiger partial charge in [0.05, 0.1) is 4.20 Å². The Hall–Kier alpha value is -1.12. The van der Waals surface area contributed by atoms with E-state index in [-0.39, 0.29) is 0 Å². The van der Waals surface area contributed by atoms with E-state index in [9.17, 15) is 0 Å². The van der Waals surface area contributed by atoms with Crippen molar-refractivity contribution in [3.05, 3.63) is 71.3 Å². The summed E-state index contributed by atoms with van der Waals surface area (Å²) in [6.07, 6.45) is 2.30. The Balaban J connectivity index is 1.72. The number of rotatable bonds is 5. The van der Waals surface area contributed by atoms with Crippen LogP contribution in [0.3, 0.4) is 0 Å². The number of hydrogen-bond donors (Lipinski definition) is 0. The Morgan fingerprint density at radius 1 is 1.00 bits per heavy atom. The molecule has 0 spiro atoms. The molecule has 0 aliphatic rings. The highest BCUT2D eigenvalue weighted by Gasteiger charge is 2.01. The Labute approximate surface area is 125 Å². The normalized spacial score (nSPS) is 10.4. The average Bonchev–Trinajstić information content (AvgIpc) is 2.46.